The number of piperidine rings is 1. The van der Waals surface area contributed by atoms with Crippen LogP contribution in [-0.4, -0.2) is 34.5 Å². The molecular formula is C21H28N4O2. The quantitative estimate of drug-likeness (QED) is 0.840. The predicted molar refractivity (Wildman–Crippen MR) is 106 cm³/mol. The molecule has 1 fully saturated rings. The van der Waals surface area contributed by atoms with Crippen LogP contribution in [0.4, 0.5) is 5.82 Å². The van der Waals surface area contributed by atoms with Gasteiger partial charge in [0.2, 0.25) is 5.91 Å². The van der Waals surface area contributed by atoms with Gasteiger partial charge in [0.15, 0.2) is 5.82 Å². The van der Waals surface area contributed by atoms with Crippen LogP contribution in [0.25, 0.3) is 0 Å². The van der Waals surface area contributed by atoms with Gasteiger partial charge in [-0.2, -0.15) is 0 Å². The zero-order valence-electron chi connectivity index (χ0n) is 16.3. The van der Waals surface area contributed by atoms with Crippen molar-refractivity contribution in [2.45, 2.75) is 45.6 Å². The van der Waals surface area contributed by atoms with E-state index in [-0.39, 0.29) is 17.4 Å². The summed E-state index contributed by atoms with van der Waals surface area (Å²) in [6, 6.07) is 9.55. The van der Waals surface area contributed by atoms with Gasteiger partial charge in [-0.15, -0.1) is 0 Å². The summed E-state index contributed by atoms with van der Waals surface area (Å²) in [7, 11) is 0. The van der Waals surface area contributed by atoms with Gasteiger partial charge in [0.25, 0.3) is 5.88 Å². The van der Waals surface area contributed by atoms with Gasteiger partial charge in [0.05, 0.1) is 5.92 Å². The molecule has 6 heteroatoms. The van der Waals surface area contributed by atoms with Crippen LogP contribution >= 0.6 is 0 Å². The van der Waals surface area contributed by atoms with Crippen molar-refractivity contribution in [1.29, 1.82) is 0 Å². The number of para-hydroxylation sites is 1. The first-order valence-electron chi connectivity index (χ1n) is 9.59. The molecule has 1 aliphatic heterocycles. The van der Waals surface area contributed by atoms with Gasteiger partial charge in [-0.05, 0) is 45.2 Å². The summed E-state index contributed by atoms with van der Waals surface area (Å²) in [5.74, 6) is 1.93. The summed E-state index contributed by atoms with van der Waals surface area (Å²) < 4.78 is 5.94. The number of amides is 1. The number of benzene rings is 1. The van der Waals surface area contributed by atoms with Gasteiger partial charge in [-0.1, -0.05) is 25.1 Å². The predicted octanol–water partition coefficient (Wildman–Crippen LogP) is 3.79. The van der Waals surface area contributed by atoms with E-state index in [1.54, 1.807) is 12.4 Å². The summed E-state index contributed by atoms with van der Waals surface area (Å²) in [6.45, 7) is 7.65. The molecule has 27 heavy (non-hydrogen) atoms. The molecule has 6 nitrogen and oxygen atoms in total. The Labute approximate surface area is 161 Å². The fourth-order valence-corrected chi connectivity index (χ4v) is 3.11. The number of hydrogen-bond acceptors (Lipinski definition) is 5. The number of rotatable bonds is 6. The number of carbonyl (C=O) groups is 1. The minimum absolute atomic E-state index is 0.0591. The number of carbonyl (C=O) groups excluding carboxylic acids is 1. The van der Waals surface area contributed by atoms with E-state index < -0.39 is 0 Å². The molecule has 0 spiro atoms. The van der Waals surface area contributed by atoms with Gasteiger partial charge >= 0.3 is 0 Å². The Bertz CT molecular complexity index is 764. The Morgan fingerprint density at radius 3 is 2.74 bits per heavy atom. The molecule has 1 saturated heterocycles. The zero-order chi connectivity index (χ0) is 19.3. The molecule has 2 heterocycles. The molecule has 0 radical (unpaired) electrons. The van der Waals surface area contributed by atoms with Gasteiger partial charge in [0.1, 0.15) is 5.75 Å². The van der Waals surface area contributed by atoms with Crippen LogP contribution in [0.5, 0.6) is 11.6 Å². The molecular weight excluding hydrogens is 340 g/mol. The van der Waals surface area contributed by atoms with Crippen molar-refractivity contribution in [2.75, 3.05) is 18.0 Å². The van der Waals surface area contributed by atoms with Crippen LogP contribution < -0.4 is 15.0 Å². The van der Waals surface area contributed by atoms with Gasteiger partial charge < -0.3 is 15.0 Å². The molecule has 1 aromatic carbocycles. The molecule has 0 saturated carbocycles. The average Bonchev–Trinajstić information content (AvgIpc) is 2.69. The van der Waals surface area contributed by atoms with E-state index in [4.69, 9.17) is 4.74 Å². The number of ether oxygens (including phenoxy) is 1. The van der Waals surface area contributed by atoms with Gasteiger partial charge in [-0.3, -0.25) is 4.79 Å². The third kappa shape index (κ3) is 4.96. The molecule has 1 aromatic heterocycles. The third-order valence-corrected chi connectivity index (χ3v) is 5.04. The van der Waals surface area contributed by atoms with E-state index in [9.17, 15) is 4.79 Å². The van der Waals surface area contributed by atoms with Crippen LogP contribution in [0.2, 0.25) is 0 Å². The Morgan fingerprint density at radius 1 is 1.26 bits per heavy atom. The summed E-state index contributed by atoms with van der Waals surface area (Å²) in [5.41, 5.74) is -0.187. The van der Waals surface area contributed by atoms with Crippen molar-refractivity contribution in [2.24, 2.45) is 5.92 Å². The Hall–Kier alpha value is -2.63. The zero-order valence-corrected chi connectivity index (χ0v) is 16.3. The largest absolute Gasteiger partial charge is 0.436 e. The molecule has 1 unspecified atom stereocenters. The first kappa shape index (κ1) is 19.1. The number of anilines is 1. The highest BCUT2D eigenvalue weighted by Crippen LogP contribution is 2.31. The van der Waals surface area contributed by atoms with E-state index in [1.807, 2.05) is 30.3 Å². The maximum Gasteiger partial charge on any atom is 0.263 e. The lowest BCUT2D eigenvalue weighted by atomic mass is 9.94. The summed E-state index contributed by atoms with van der Waals surface area (Å²) >= 11 is 0. The fraction of sp³-hybridized carbons (Fsp3) is 0.476. The van der Waals surface area contributed by atoms with Crippen LogP contribution in [-0.2, 0) is 4.79 Å². The summed E-state index contributed by atoms with van der Waals surface area (Å²) in [5, 5.41) is 3.17. The molecule has 144 valence electrons. The second kappa shape index (κ2) is 8.37. The lowest BCUT2D eigenvalue weighted by Gasteiger charge is -2.35. The molecule has 0 aliphatic carbocycles. The highest BCUT2D eigenvalue weighted by molar-refractivity contribution is 5.80. The number of nitrogens with one attached hydrogen (secondary N) is 1. The summed E-state index contributed by atoms with van der Waals surface area (Å²) in [6.07, 6.45) is 6.01. The maximum absolute atomic E-state index is 12.7. The molecule has 1 aliphatic rings. The second-order valence-corrected chi connectivity index (χ2v) is 7.61. The SMILES string of the molecule is CCC(C)(C)NC(=O)C1CCCN(c2nccnc2Oc2ccccc2)C1. The standard InChI is InChI=1S/C21H28N4O2/c1-4-21(2,3)24-19(26)16-9-8-14-25(15-16)18-20(23-13-12-22-18)27-17-10-6-5-7-11-17/h5-7,10-13,16H,4,8-9,14-15H2,1-3H3,(H,24,26). The van der Waals surface area contributed by atoms with Gasteiger partial charge in [0, 0.05) is 31.0 Å². The number of hydrogen-bond donors (Lipinski definition) is 1. The highest BCUT2D eigenvalue weighted by Gasteiger charge is 2.30. The molecule has 1 N–H and O–H groups in total. The smallest absolute Gasteiger partial charge is 0.263 e. The average molecular weight is 368 g/mol. The lowest BCUT2D eigenvalue weighted by Crippen LogP contribution is -2.50. The Kier molecular flexibility index (Phi) is 5.94. The second-order valence-electron chi connectivity index (χ2n) is 7.61. The fourth-order valence-electron chi connectivity index (χ4n) is 3.11. The lowest BCUT2D eigenvalue weighted by molar-refractivity contribution is -0.126. The maximum atomic E-state index is 12.7. The molecule has 0 bridgehead atoms. The van der Waals surface area contributed by atoms with E-state index >= 15 is 0 Å². The van der Waals surface area contributed by atoms with Crippen LogP contribution in [0.1, 0.15) is 40.0 Å². The first-order chi connectivity index (χ1) is 13.0. The van der Waals surface area contributed by atoms with Crippen molar-refractivity contribution in [3.63, 3.8) is 0 Å². The van der Waals surface area contributed by atoms with Crippen molar-refractivity contribution in [1.82, 2.24) is 15.3 Å². The number of aromatic nitrogens is 2. The third-order valence-electron chi connectivity index (χ3n) is 5.04. The van der Waals surface area contributed by atoms with E-state index in [2.05, 4.69) is 41.0 Å². The molecule has 3 rings (SSSR count). The van der Waals surface area contributed by atoms with Crippen LogP contribution in [0, 0.1) is 5.92 Å². The number of nitrogens with zero attached hydrogens (tertiary/aromatic N) is 3. The van der Waals surface area contributed by atoms with Crippen molar-refractivity contribution in [3.8, 4) is 11.6 Å². The monoisotopic (exact) mass is 368 g/mol. The van der Waals surface area contributed by atoms with E-state index in [0.717, 1.165) is 31.6 Å². The normalized spacial score (nSPS) is 17.4. The molecule has 1 atom stereocenters. The van der Waals surface area contributed by atoms with Crippen molar-refractivity contribution in [3.05, 3.63) is 42.7 Å². The Morgan fingerprint density at radius 2 is 2.00 bits per heavy atom. The highest BCUT2D eigenvalue weighted by atomic mass is 16.5. The van der Waals surface area contributed by atoms with E-state index in [0.29, 0.717) is 18.2 Å². The minimum atomic E-state index is -0.187. The van der Waals surface area contributed by atoms with Crippen LogP contribution in [0.3, 0.4) is 0 Å². The van der Waals surface area contributed by atoms with Crippen LogP contribution in [0.15, 0.2) is 42.7 Å². The molecule has 1 amide bonds. The topological polar surface area (TPSA) is 67.4 Å². The molecule has 2 aromatic rings. The van der Waals surface area contributed by atoms with Gasteiger partial charge in [-0.25, -0.2) is 9.97 Å². The Balaban J connectivity index is 1.74. The summed E-state index contributed by atoms with van der Waals surface area (Å²) in [4.78, 5) is 23.7. The van der Waals surface area contributed by atoms with Crippen molar-refractivity contribution >= 4 is 11.7 Å². The minimum Gasteiger partial charge on any atom is -0.436 e. The van der Waals surface area contributed by atoms with E-state index in [1.165, 1.54) is 0 Å². The first-order valence-corrected chi connectivity index (χ1v) is 9.59. The van der Waals surface area contributed by atoms with Crippen molar-refractivity contribution < 1.29 is 9.53 Å².